The molecule has 2 amide bonds. The first kappa shape index (κ1) is 19.5. The topological polar surface area (TPSA) is 96.9 Å². The molecule has 2 aromatic heterocycles. The number of rotatable bonds is 7. The van der Waals surface area contributed by atoms with Crippen LogP contribution in [0.5, 0.6) is 0 Å². The first-order valence-electron chi connectivity index (χ1n) is 8.61. The van der Waals surface area contributed by atoms with E-state index in [9.17, 15) is 9.59 Å². The highest BCUT2D eigenvalue weighted by Crippen LogP contribution is 2.27. The molecule has 0 radical (unpaired) electrons. The van der Waals surface area contributed by atoms with E-state index in [4.69, 9.17) is 0 Å². The number of benzene rings is 2. The van der Waals surface area contributed by atoms with Crippen LogP contribution in [0.15, 0.2) is 58.9 Å². The maximum absolute atomic E-state index is 12.4. The SMILES string of the molecule is O=C(CSc1nnc(NC(=O)c2nc3ccccc3s2)s1)NCc1ccccc1. The minimum Gasteiger partial charge on any atom is -0.351 e. The third kappa shape index (κ3) is 5.17. The van der Waals surface area contributed by atoms with Gasteiger partial charge in [0.25, 0.3) is 5.91 Å². The highest BCUT2D eigenvalue weighted by atomic mass is 32.2. The second-order valence-corrected chi connectivity index (χ2v) is 9.10. The van der Waals surface area contributed by atoms with Crippen LogP contribution in [0.1, 0.15) is 15.4 Å². The zero-order chi connectivity index (χ0) is 20.1. The Hall–Kier alpha value is -2.82. The molecule has 29 heavy (non-hydrogen) atoms. The second-order valence-electron chi connectivity index (χ2n) is 5.86. The standard InChI is InChI=1S/C19H15N5O2S3/c25-15(20-10-12-6-2-1-3-7-12)11-27-19-24-23-18(29-19)22-16(26)17-21-13-8-4-5-9-14(13)28-17/h1-9H,10-11H2,(H,20,25)(H,22,23,26). The van der Waals surface area contributed by atoms with E-state index in [1.807, 2.05) is 54.6 Å². The van der Waals surface area contributed by atoms with Gasteiger partial charge < -0.3 is 5.32 Å². The van der Waals surface area contributed by atoms with Crippen molar-refractivity contribution in [3.63, 3.8) is 0 Å². The van der Waals surface area contributed by atoms with Crippen molar-refractivity contribution >= 4 is 61.6 Å². The number of nitrogens with one attached hydrogen (secondary N) is 2. The lowest BCUT2D eigenvalue weighted by Crippen LogP contribution is -2.24. The van der Waals surface area contributed by atoms with Gasteiger partial charge in [0.1, 0.15) is 0 Å². The van der Waals surface area contributed by atoms with Gasteiger partial charge in [-0.1, -0.05) is 65.6 Å². The molecule has 2 aromatic carbocycles. The predicted molar refractivity (Wildman–Crippen MR) is 116 cm³/mol. The molecule has 0 bridgehead atoms. The van der Waals surface area contributed by atoms with E-state index in [1.165, 1.54) is 34.4 Å². The third-order valence-electron chi connectivity index (χ3n) is 3.77. The number of thioether (sulfide) groups is 1. The van der Waals surface area contributed by atoms with Crippen LogP contribution in [0.4, 0.5) is 5.13 Å². The number of anilines is 1. The van der Waals surface area contributed by atoms with Crippen LogP contribution in [0.3, 0.4) is 0 Å². The Morgan fingerprint density at radius 3 is 2.59 bits per heavy atom. The van der Waals surface area contributed by atoms with Crippen LogP contribution in [0.25, 0.3) is 10.2 Å². The summed E-state index contributed by atoms with van der Waals surface area (Å²) in [6.45, 7) is 0.486. The van der Waals surface area contributed by atoms with Gasteiger partial charge in [0, 0.05) is 6.54 Å². The summed E-state index contributed by atoms with van der Waals surface area (Å²) >= 11 is 3.83. The number of para-hydroxylation sites is 1. The molecule has 146 valence electrons. The molecule has 0 unspecified atom stereocenters. The number of aromatic nitrogens is 3. The largest absolute Gasteiger partial charge is 0.351 e. The van der Waals surface area contributed by atoms with Crippen molar-refractivity contribution < 1.29 is 9.59 Å². The van der Waals surface area contributed by atoms with E-state index in [2.05, 4.69) is 25.8 Å². The summed E-state index contributed by atoms with van der Waals surface area (Å²) in [6.07, 6.45) is 0. The van der Waals surface area contributed by atoms with Gasteiger partial charge in [-0.3, -0.25) is 14.9 Å². The summed E-state index contributed by atoms with van der Waals surface area (Å²) in [4.78, 5) is 28.7. The van der Waals surface area contributed by atoms with Gasteiger partial charge in [0.05, 0.1) is 16.0 Å². The molecule has 4 rings (SSSR count). The molecule has 0 saturated heterocycles. The quantitative estimate of drug-likeness (QED) is 0.334. The van der Waals surface area contributed by atoms with Crippen LogP contribution in [0.2, 0.25) is 0 Å². The molecule has 4 aromatic rings. The molecule has 0 atom stereocenters. The highest BCUT2D eigenvalue weighted by Gasteiger charge is 2.15. The summed E-state index contributed by atoms with van der Waals surface area (Å²) < 4.78 is 1.56. The van der Waals surface area contributed by atoms with Crippen molar-refractivity contribution in [3.05, 3.63) is 65.2 Å². The number of thiazole rings is 1. The minimum absolute atomic E-state index is 0.0888. The molecule has 0 aliphatic carbocycles. The number of hydrogen-bond acceptors (Lipinski definition) is 8. The molecule has 2 heterocycles. The minimum atomic E-state index is -0.320. The van der Waals surface area contributed by atoms with Gasteiger partial charge in [0.2, 0.25) is 11.0 Å². The molecular formula is C19H15N5O2S3. The van der Waals surface area contributed by atoms with E-state index in [0.717, 1.165) is 15.8 Å². The number of carbonyl (C=O) groups is 2. The van der Waals surface area contributed by atoms with Crippen molar-refractivity contribution in [2.45, 2.75) is 10.9 Å². The summed E-state index contributed by atoms with van der Waals surface area (Å²) in [5, 5.41) is 14.3. The summed E-state index contributed by atoms with van der Waals surface area (Å²) in [5.74, 6) is -0.179. The fourth-order valence-corrected chi connectivity index (χ4v) is 4.85. The van der Waals surface area contributed by atoms with Crippen molar-refractivity contribution in [3.8, 4) is 0 Å². The Bertz CT molecular complexity index is 1110. The summed E-state index contributed by atoms with van der Waals surface area (Å²) in [7, 11) is 0. The number of carbonyl (C=O) groups excluding carboxylic acids is 2. The smallest absolute Gasteiger partial charge is 0.286 e. The first-order chi connectivity index (χ1) is 14.2. The lowest BCUT2D eigenvalue weighted by Gasteiger charge is -2.03. The van der Waals surface area contributed by atoms with Crippen molar-refractivity contribution in [1.82, 2.24) is 20.5 Å². The monoisotopic (exact) mass is 441 g/mol. The van der Waals surface area contributed by atoms with Gasteiger partial charge in [-0.15, -0.1) is 21.5 Å². The molecule has 0 saturated carbocycles. The molecule has 0 spiro atoms. The van der Waals surface area contributed by atoms with Crippen LogP contribution >= 0.6 is 34.4 Å². The van der Waals surface area contributed by atoms with E-state index >= 15 is 0 Å². The van der Waals surface area contributed by atoms with Crippen molar-refractivity contribution in [2.75, 3.05) is 11.1 Å². The zero-order valence-corrected chi connectivity index (χ0v) is 17.4. The number of fused-ring (bicyclic) bond motifs is 1. The van der Waals surface area contributed by atoms with Crippen LogP contribution in [-0.2, 0) is 11.3 Å². The fourth-order valence-electron chi connectivity index (χ4n) is 2.41. The second kappa shape index (κ2) is 9.12. The Labute approximate surface area is 178 Å². The number of hydrogen-bond donors (Lipinski definition) is 2. The zero-order valence-electron chi connectivity index (χ0n) is 15.0. The van der Waals surface area contributed by atoms with Crippen LogP contribution in [-0.4, -0.2) is 32.7 Å². The van der Waals surface area contributed by atoms with Gasteiger partial charge in [0.15, 0.2) is 9.35 Å². The van der Waals surface area contributed by atoms with Gasteiger partial charge >= 0.3 is 0 Å². The number of amides is 2. The molecule has 7 nitrogen and oxygen atoms in total. The maximum atomic E-state index is 12.4. The Morgan fingerprint density at radius 2 is 1.76 bits per heavy atom. The predicted octanol–water partition coefficient (Wildman–Crippen LogP) is 3.81. The molecular weight excluding hydrogens is 426 g/mol. The summed E-state index contributed by atoms with van der Waals surface area (Å²) in [6, 6.07) is 17.3. The lowest BCUT2D eigenvalue weighted by atomic mass is 10.2. The van der Waals surface area contributed by atoms with E-state index < -0.39 is 0 Å². The van der Waals surface area contributed by atoms with Crippen LogP contribution in [0, 0.1) is 0 Å². The van der Waals surface area contributed by atoms with Crippen LogP contribution < -0.4 is 10.6 Å². The normalized spacial score (nSPS) is 10.8. The first-order valence-corrected chi connectivity index (χ1v) is 11.2. The van der Waals surface area contributed by atoms with Crippen molar-refractivity contribution in [1.29, 1.82) is 0 Å². The number of nitrogens with zero attached hydrogens (tertiary/aromatic N) is 3. The molecule has 0 fully saturated rings. The maximum Gasteiger partial charge on any atom is 0.286 e. The van der Waals surface area contributed by atoms with E-state index in [-0.39, 0.29) is 17.6 Å². The molecule has 10 heteroatoms. The van der Waals surface area contributed by atoms with Crippen molar-refractivity contribution in [2.24, 2.45) is 0 Å². The highest BCUT2D eigenvalue weighted by molar-refractivity contribution is 8.01. The van der Waals surface area contributed by atoms with Gasteiger partial charge in [-0.2, -0.15) is 0 Å². The lowest BCUT2D eigenvalue weighted by molar-refractivity contribution is -0.118. The van der Waals surface area contributed by atoms with Gasteiger partial charge in [-0.25, -0.2) is 4.98 Å². The fraction of sp³-hybridized carbons (Fsp3) is 0.105. The molecule has 2 N–H and O–H groups in total. The van der Waals surface area contributed by atoms with E-state index in [0.29, 0.717) is 21.0 Å². The average molecular weight is 442 g/mol. The Balaban J connectivity index is 1.28. The Morgan fingerprint density at radius 1 is 0.966 bits per heavy atom. The average Bonchev–Trinajstić information content (AvgIpc) is 3.38. The summed E-state index contributed by atoms with van der Waals surface area (Å²) in [5.41, 5.74) is 1.83. The van der Waals surface area contributed by atoms with Gasteiger partial charge in [-0.05, 0) is 17.7 Å². The molecule has 0 aliphatic heterocycles. The third-order valence-corrected chi connectivity index (χ3v) is 6.78. The van der Waals surface area contributed by atoms with E-state index in [1.54, 1.807) is 0 Å². The Kier molecular flexibility index (Phi) is 6.13. The molecule has 0 aliphatic rings.